The number of nitrogens with zero attached hydrogens (tertiary/aromatic N) is 1. The van der Waals surface area contributed by atoms with Crippen LogP contribution in [0, 0.1) is 0 Å². The van der Waals surface area contributed by atoms with Gasteiger partial charge in [0.05, 0.1) is 0 Å². The molecule has 0 spiro atoms. The van der Waals surface area contributed by atoms with Crippen molar-refractivity contribution in [2.75, 3.05) is 0 Å². The highest BCUT2D eigenvalue weighted by molar-refractivity contribution is 5.90. The molecule has 0 bridgehead atoms. The van der Waals surface area contributed by atoms with Gasteiger partial charge in [0, 0.05) is 41.9 Å². The number of hydrogen-bond acceptors (Lipinski definition) is 2. The molecule has 1 N–H and O–H groups in total. The molecule has 1 heterocycles. The molecule has 2 aliphatic carbocycles. The van der Waals surface area contributed by atoms with Gasteiger partial charge in [-0.05, 0) is 36.6 Å². The number of allylic oxidation sites excluding steroid dienone is 2. The van der Waals surface area contributed by atoms with E-state index < -0.39 is 0 Å². The molecule has 0 radical (unpaired) electrons. The standard InChI is InChI=1S/C18H19NO2/c1-18-8-7-13(21)9-11(18)3-5-14-15-10-12(20)4-6-16(15)19(2)17(14)18/h3-4,6,10,20H,5,7-9H2,1-2H3. The fourth-order valence-corrected chi connectivity index (χ4v) is 4.26. The molecule has 0 amide bonds. The first-order valence-electron chi connectivity index (χ1n) is 7.52. The largest absolute Gasteiger partial charge is 0.508 e. The zero-order chi connectivity index (χ0) is 14.8. The molecule has 0 saturated heterocycles. The van der Waals surface area contributed by atoms with Crippen LogP contribution < -0.4 is 0 Å². The number of Topliss-reactive ketones (excluding diaryl/α,β-unsaturated/α-hetero) is 1. The van der Waals surface area contributed by atoms with Gasteiger partial charge in [-0.25, -0.2) is 0 Å². The SMILES string of the molecule is Cn1c2c(c3cc(O)ccc31)CC=C1CC(=O)CCC12C. The van der Waals surface area contributed by atoms with Crippen LogP contribution in [0.2, 0.25) is 0 Å². The van der Waals surface area contributed by atoms with E-state index in [2.05, 4.69) is 24.6 Å². The lowest BCUT2D eigenvalue weighted by molar-refractivity contribution is -0.119. The maximum Gasteiger partial charge on any atom is 0.137 e. The number of phenolic OH excluding ortho intramolecular Hbond substituents is 1. The number of carbonyl (C=O) groups excluding carboxylic acids is 1. The third kappa shape index (κ3) is 1.57. The average Bonchev–Trinajstić information content (AvgIpc) is 2.73. The van der Waals surface area contributed by atoms with Crippen LogP contribution in [0.5, 0.6) is 5.75 Å². The van der Waals surface area contributed by atoms with Gasteiger partial charge in [0.15, 0.2) is 0 Å². The van der Waals surface area contributed by atoms with Gasteiger partial charge in [0.1, 0.15) is 11.5 Å². The zero-order valence-electron chi connectivity index (χ0n) is 12.4. The Morgan fingerprint density at radius 2 is 2.14 bits per heavy atom. The minimum atomic E-state index is -0.0368. The first-order valence-corrected chi connectivity index (χ1v) is 7.52. The molecule has 1 atom stereocenters. The van der Waals surface area contributed by atoms with Crippen molar-refractivity contribution < 1.29 is 9.90 Å². The van der Waals surface area contributed by atoms with Crippen LogP contribution in [0.25, 0.3) is 10.9 Å². The summed E-state index contributed by atoms with van der Waals surface area (Å²) in [5.74, 6) is 0.674. The van der Waals surface area contributed by atoms with E-state index in [9.17, 15) is 9.90 Å². The normalized spacial score (nSPS) is 24.7. The molecule has 3 heteroatoms. The predicted octanol–water partition coefficient (Wildman–Crippen LogP) is 3.38. The number of benzene rings is 1. The number of rotatable bonds is 0. The van der Waals surface area contributed by atoms with Gasteiger partial charge in [0.2, 0.25) is 0 Å². The van der Waals surface area contributed by atoms with Gasteiger partial charge < -0.3 is 9.67 Å². The van der Waals surface area contributed by atoms with Gasteiger partial charge in [-0.15, -0.1) is 0 Å². The van der Waals surface area contributed by atoms with Crippen LogP contribution in [0.3, 0.4) is 0 Å². The molecular formula is C18H19NO2. The Bertz CT molecular complexity index is 812. The summed E-state index contributed by atoms with van der Waals surface area (Å²) in [5, 5.41) is 10.9. The number of fused-ring (bicyclic) bond motifs is 5. The van der Waals surface area contributed by atoms with Crippen LogP contribution in [0.4, 0.5) is 0 Å². The van der Waals surface area contributed by atoms with E-state index >= 15 is 0 Å². The summed E-state index contributed by atoms with van der Waals surface area (Å²) in [5.41, 5.74) is 5.04. The van der Waals surface area contributed by atoms with Crippen molar-refractivity contribution in [2.24, 2.45) is 7.05 Å². The van der Waals surface area contributed by atoms with E-state index in [1.165, 1.54) is 16.8 Å². The number of ketones is 1. The third-order valence-corrected chi connectivity index (χ3v) is 5.36. The van der Waals surface area contributed by atoms with Gasteiger partial charge in [-0.1, -0.05) is 18.6 Å². The first-order chi connectivity index (χ1) is 10.0. The van der Waals surface area contributed by atoms with Gasteiger partial charge in [0.25, 0.3) is 0 Å². The number of aromatic nitrogens is 1. The van der Waals surface area contributed by atoms with Crippen molar-refractivity contribution in [1.82, 2.24) is 4.57 Å². The van der Waals surface area contributed by atoms with Crippen molar-refractivity contribution in [3.63, 3.8) is 0 Å². The van der Waals surface area contributed by atoms with Gasteiger partial charge in [-0.3, -0.25) is 4.79 Å². The smallest absolute Gasteiger partial charge is 0.137 e. The summed E-state index contributed by atoms with van der Waals surface area (Å²) in [6.45, 7) is 2.27. The maximum absolute atomic E-state index is 11.8. The lowest BCUT2D eigenvalue weighted by Gasteiger charge is -2.40. The second kappa shape index (κ2) is 4.00. The lowest BCUT2D eigenvalue weighted by atomic mass is 9.65. The van der Waals surface area contributed by atoms with Crippen molar-refractivity contribution in [3.8, 4) is 5.75 Å². The Hall–Kier alpha value is -2.03. The summed E-state index contributed by atoms with van der Waals surface area (Å²) < 4.78 is 2.26. The highest BCUT2D eigenvalue weighted by Crippen LogP contribution is 2.48. The van der Waals surface area contributed by atoms with Crippen molar-refractivity contribution >= 4 is 16.7 Å². The Balaban J connectivity index is 2.01. The molecule has 108 valence electrons. The number of aromatic hydroxyl groups is 1. The average molecular weight is 281 g/mol. The van der Waals surface area contributed by atoms with Crippen LogP contribution >= 0.6 is 0 Å². The van der Waals surface area contributed by atoms with Crippen LogP contribution in [-0.2, 0) is 23.7 Å². The van der Waals surface area contributed by atoms with E-state index in [0.29, 0.717) is 24.4 Å². The third-order valence-electron chi connectivity index (χ3n) is 5.36. The Morgan fingerprint density at radius 1 is 1.33 bits per heavy atom. The monoisotopic (exact) mass is 281 g/mol. The van der Waals surface area contributed by atoms with Crippen LogP contribution in [0.1, 0.15) is 37.4 Å². The summed E-state index contributed by atoms with van der Waals surface area (Å²) in [4.78, 5) is 11.8. The minimum absolute atomic E-state index is 0.0368. The predicted molar refractivity (Wildman–Crippen MR) is 82.6 cm³/mol. The van der Waals surface area contributed by atoms with E-state index in [0.717, 1.165) is 23.7 Å². The molecule has 1 aromatic carbocycles. The summed E-state index contributed by atoms with van der Waals surface area (Å²) in [6.07, 6.45) is 5.25. The molecule has 2 aromatic rings. The summed E-state index contributed by atoms with van der Waals surface area (Å²) in [7, 11) is 2.10. The van der Waals surface area contributed by atoms with E-state index in [1.54, 1.807) is 6.07 Å². The minimum Gasteiger partial charge on any atom is -0.508 e. The molecular weight excluding hydrogens is 262 g/mol. The second-order valence-electron chi connectivity index (χ2n) is 6.57. The lowest BCUT2D eigenvalue weighted by Crippen LogP contribution is -2.36. The van der Waals surface area contributed by atoms with E-state index in [-0.39, 0.29) is 5.41 Å². The molecule has 4 rings (SSSR count). The Kier molecular flexibility index (Phi) is 2.42. The topological polar surface area (TPSA) is 42.2 Å². The molecule has 1 unspecified atom stereocenters. The highest BCUT2D eigenvalue weighted by atomic mass is 16.3. The molecule has 3 nitrogen and oxygen atoms in total. The van der Waals surface area contributed by atoms with Crippen molar-refractivity contribution in [1.29, 1.82) is 0 Å². The molecule has 1 saturated carbocycles. The molecule has 1 aromatic heterocycles. The quantitative estimate of drug-likeness (QED) is 0.752. The fraction of sp³-hybridized carbons (Fsp3) is 0.389. The molecule has 21 heavy (non-hydrogen) atoms. The summed E-state index contributed by atoms with van der Waals surface area (Å²) >= 11 is 0. The van der Waals surface area contributed by atoms with Crippen LogP contribution in [-0.4, -0.2) is 15.5 Å². The zero-order valence-corrected chi connectivity index (χ0v) is 12.4. The van der Waals surface area contributed by atoms with Crippen molar-refractivity contribution in [3.05, 3.63) is 41.1 Å². The highest BCUT2D eigenvalue weighted by Gasteiger charge is 2.42. The van der Waals surface area contributed by atoms with E-state index in [1.807, 2.05) is 12.1 Å². The Labute approximate surface area is 123 Å². The van der Waals surface area contributed by atoms with Crippen molar-refractivity contribution in [2.45, 2.75) is 38.0 Å². The fourth-order valence-electron chi connectivity index (χ4n) is 4.26. The number of carbonyl (C=O) groups is 1. The number of hydrogen-bond donors (Lipinski definition) is 1. The van der Waals surface area contributed by atoms with Gasteiger partial charge >= 0.3 is 0 Å². The molecule has 2 aliphatic rings. The van der Waals surface area contributed by atoms with Gasteiger partial charge in [-0.2, -0.15) is 0 Å². The number of phenols is 1. The molecule has 0 aliphatic heterocycles. The number of aryl methyl sites for hydroxylation is 1. The molecule has 1 fully saturated rings. The first kappa shape index (κ1) is 12.7. The maximum atomic E-state index is 11.8. The van der Waals surface area contributed by atoms with Crippen LogP contribution in [0.15, 0.2) is 29.8 Å². The summed E-state index contributed by atoms with van der Waals surface area (Å²) in [6, 6.07) is 5.60. The van der Waals surface area contributed by atoms with E-state index in [4.69, 9.17) is 0 Å². The second-order valence-corrected chi connectivity index (χ2v) is 6.57. The Morgan fingerprint density at radius 3 is 2.95 bits per heavy atom.